The van der Waals surface area contributed by atoms with Crippen molar-refractivity contribution >= 4 is 27.5 Å². The van der Waals surface area contributed by atoms with E-state index in [9.17, 15) is 18.0 Å². The Labute approximate surface area is 191 Å². The minimum Gasteiger partial charge on any atom is -0.357 e. The zero-order valence-corrected chi connectivity index (χ0v) is 20.1. The van der Waals surface area contributed by atoms with E-state index in [4.69, 9.17) is 0 Å². The lowest BCUT2D eigenvalue weighted by molar-refractivity contribution is -0.141. The molecule has 174 valence electrons. The first-order chi connectivity index (χ1) is 15.2. The van der Waals surface area contributed by atoms with Gasteiger partial charge in [-0.2, -0.15) is 0 Å². The molecule has 0 radical (unpaired) electrons. The second-order valence-corrected chi connectivity index (χ2v) is 9.67. The van der Waals surface area contributed by atoms with E-state index in [0.29, 0.717) is 25.1 Å². The highest BCUT2D eigenvalue weighted by atomic mass is 32.2. The molecule has 0 spiro atoms. The van der Waals surface area contributed by atoms with E-state index >= 15 is 0 Å². The molecule has 7 nitrogen and oxygen atoms in total. The minimum absolute atomic E-state index is 0.137. The first kappa shape index (κ1) is 25.4. The summed E-state index contributed by atoms with van der Waals surface area (Å²) in [6.45, 7) is 4.36. The zero-order chi connectivity index (χ0) is 23.7. The molecule has 0 aliphatic carbocycles. The summed E-state index contributed by atoms with van der Waals surface area (Å²) in [5.41, 5.74) is 2.59. The average molecular weight is 460 g/mol. The summed E-state index contributed by atoms with van der Waals surface area (Å²) in [4.78, 5) is 27.3. The normalized spacial score (nSPS) is 12.1. The van der Waals surface area contributed by atoms with Gasteiger partial charge in [0, 0.05) is 26.6 Å². The maximum absolute atomic E-state index is 13.2. The summed E-state index contributed by atoms with van der Waals surface area (Å²) >= 11 is 0. The number of benzene rings is 2. The smallest absolute Gasteiger partial charge is 0.242 e. The second kappa shape index (κ2) is 11.7. The van der Waals surface area contributed by atoms with Crippen LogP contribution < -0.4 is 9.62 Å². The first-order valence-electron chi connectivity index (χ1n) is 10.8. The average Bonchev–Trinajstić information content (AvgIpc) is 2.77. The number of para-hydroxylation sites is 1. The summed E-state index contributed by atoms with van der Waals surface area (Å²) in [6.07, 6.45) is 2.12. The van der Waals surface area contributed by atoms with Crippen LogP contribution in [0.5, 0.6) is 0 Å². The molecular formula is C24H33N3O4S. The molecule has 1 N–H and O–H groups in total. The number of sulfonamides is 1. The van der Waals surface area contributed by atoms with Crippen molar-refractivity contribution in [1.82, 2.24) is 10.2 Å². The molecule has 1 unspecified atom stereocenters. The molecule has 0 heterocycles. The summed E-state index contributed by atoms with van der Waals surface area (Å²) in [7, 11) is -1.92. The third-order valence-electron chi connectivity index (χ3n) is 5.43. The molecule has 2 rings (SSSR count). The van der Waals surface area contributed by atoms with Crippen molar-refractivity contribution in [1.29, 1.82) is 0 Å². The van der Waals surface area contributed by atoms with E-state index in [1.165, 1.54) is 4.31 Å². The Bertz CT molecular complexity index is 1010. The Morgan fingerprint density at radius 2 is 1.66 bits per heavy atom. The predicted octanol–water partition coefficient (Wildman–Crippen LogP) is 3.09. The maximum atomic E-state index is 13.2. The monoisotopic (exact) mass is 459 g/mol. The van der Waals surface area contributed by atoms with Crippen molar-refractivity contribution in [3.8, 4) is 0 Å². The fourth-order valence-electron chi connectivity index (χ4n) is 3.66. The molecular weight excluding hydrogens is 426 g/mol. The molecule has 0 saturated heterocycles. The third kappa shape index (κ3) is 6.82. The third-order valence-corrected chi connectivity index (χ3v) is 6.62. The fourth-order valence-corrected chi connectivity index (χ4v) is 4.62. The lowest BCUT2D eigenvalue weighted by Gasteiger charge is -2.31. The van der Waals surface area contributed by atoms with Crippen molar-refractivity contribution in [2.75, 3.05) is 24.2 Å². The first-order valence-corrected chi connectivity index (χ1v) is 12.6. The highest BCUT2D eigenvalue weighted by Crippen LogP contribution is 2.20. The Morgan fingerprint density at radius 3 is 2.22 bits per heavy atom. The van der Waals surface area contributed by atoms with Gasteiger partial charge >= 0.3 is 0 Å². The number of anilines is 1. The van der Waals surface area contributed by atoms with Gasteiger partial charge in [-0.15, -0.1) is 0 Å². The molecule has 0 aromatic heterocycles. The van der Waals surface area contributed by atoms with Gasteiger partial charge in [0.2, 0.25) is 21.8 Å². The standard InChI is InChI=1S/C24H33N3O4S/c1-5-22(24(29)25-3)26(18-20-13-10-9-12-19(20)2)23(28)16-11-17-27(32(4,30)31)21-14-7-6-8-15-21/h6-10,12-15,22H,5,11,16-18H2,1-4H3,(H,25,29). The molecule has 2 aromatic carbocycles. The molecule has 0 aliphatic heterocycles. The Balaban J connectivity index is 2.18. The number of amides is 2. The van der Waals surface area contributed by atoms with Crippen molar-refractivity contribution in [3.63, 3.8) is 0 Å². The Hall–Kier alpha value is -2.87. The minimum atomic E-state index is -3.48. The van der Waals surface area contributed by atoms with Crippen LogP contribution in [0.1, 0.15) is 37.3 Å². The summed E-state index contributed by atoms with van der Waals surface area (Å²) in [5, 5.41) is 2.65. The zero-order valence-electron chi connectivity index (χ0n) is 19.2. The van der Waals surface area contributed by atoms with Gasteiger partial charge in [-0.05, 0) is 43.0 Å². The van der Waals surface area contributed by atoms with E-state index in [2.05, 4.69) is 5.32 Å². The van der Waals surface area contributed by atoms with Crippen LogP contribution >= 0.6 is 0 Å². The van der Waals surface area contributed by atoms with Crippen LogP contribution in [0.4, 0.5) is 5.69 Å². The van der Waals surface area contributed by atoms with Crippen LogP contribution in [0.3, 0.4) is 0 Å². The van der Waals surface area contributed by atoms with E-state index < -0.39 is 16.1 Å². The van der Waals surface area contributed by atoms with Crippen molar-refractivity contribution in [2.24, 2.45) is 0 Å². The molecule has 0 fully saturated rings. The quantitative estimate of drug-likeness (QED) is 0.559. The number of nitrogens with one attached hydrogen (secondary N) is 1. The molecule has 2 amide bonds. The molecule has 0 aliphatic rings. The van der Waals surface area contributed by atoms with Gasteiger partial charge in [0.25, 0.3) is 0 Å². The van der Waals surface area contributed by atoms with E-state index in [-0.39, 0.29) is 24.8 Å². The van der Waals surface area contributed by atoms with Crippen molar-refractivity contribution in [3.05, 3.63) is 65.7 Å². The second-order valence-electron chi connectivity index (χ2n) is 7.76. The highest BCUT2D eigenvalue weighted by Gasteiger charge is 2.28. The molecule has 1 atom stereocenters. The van der Waals surface area contributed by atoms with Crippen LogP contribution in [-0.2, 0) is 26.2 Å². The number of hydrogen-bond acceptors (Lipinski definition) is 4. The van der Waals surface area contributed by atoms with Gasteiger partial charge in [-0.25, -0.2) is 8.42 Å². The fraction of sp³-hybridized carbons (Fsp3) is 0.417. The molecule has 0 bridgehead atoms. The van der Waals surface area contributed by atoms with Gasteiger partial charge in [-0.3, -0.25) is 13.9 Å². The van der Waals surface area contributed by atoms with Gasteiger partial charge in [0.15, 0.2) is 0 Å². The predicted molar refractivity (Wildman–Crippen MR) is 128 cm³/mol. The topological polar surface area (TPSA) is 86.8 Å². The number of nitrogens with zero attached hydrogens (tertiary/aromatic N) is 2. The molecule has 2 aromatic rings. The number of rotatable bonds is 11. The summed E-state index contributed by atoms with van der Waals surface area (Å²) in [5.74, 6) is -0.387. The highest BCUT2D eigenvalue weighted by molar-refractivity contribution is 7.92. The molecule has 32 heavy (non-hydrogen) atoms. The number of likely N-dealkylation sites (N-methyl/N-ethyl adjacent to an activating group) is 1. The Kier molecular flexibility index (Phi) is 9.26. The van der Waals surface area contributed by atoms with Crippen LogP contribution in [-0.4, -0.2) is 51.0 Å². The lowest BCUT2D eigenvalue weighted by Crippen LogP contribution is -2.48. The Morgan fingerprint density at radius 1 is 1.03 bits per heavy atom. The van der Waals surface area contributed by atoms with Crippen LogP contribution in [0.25, 0.3) is 0 Å². The largest absolute Gasteiger partial charge is 0.357 e. The van der Waals surface area contributed by atoms with Crippen molar-refractivity contribution < 1.29 is 18.0 Å². The van der Waals surface area contributed by atoms with Crippen LogP contribution in [0.2, 0.25) is 0 Å². The van der Waals surface area contributed by atoms with Gasteiger partial charge in [0.1, 0.15) is 6.04 Å². The van der Waals surface area contributed by atoms with E-state index in [0.717, 1.165) is 17.4 Å². The van der Waals surface area contributed by atoms with Gasteiger partial charge in [0.05, 0.1) is 11.9 Å². The van der Waals surface area contributed by atoms with Gasteiger partial charge in [-0.1, -0.05) is 49.4 Å². The number of hydrogen-bond donors (Lipinski definition) is 1. The summed E-state index contributed by atoms with van der Waals surface area (Å²) in [6, 6.07) is 16.0. The number of carbonyl (C=O) groups excluding carboxylic acids is 2. The molecule has 8 heteroatoms. The van der Waals surface area contributed by atoms with E-state index in [1.54, 1.807) is 36.2 Å². The van der Waals surface area contributed by atoms with Crippen LogP contribution in [0.15, 0.2) is 54.6 Å². The SMILES string of the molecule is CCC(C(=O)NC)N(Cc1ccccc1C)C(=O)CCCN(c1ccccc1)S(C)(=O)=O. The lowest BCUT2D eigenvalue weighted by atomic mass is 10.1. The van der Waals surface area contributed by atoms with Gasteiger partial charge < -0.3 is 10.2 Å². The summed E-state index contributed by atoms with van der Waals surface area (Å²) < 4.78 is 25.9. The van der Waals surface area contributed by atoms with Crippen molar-refractivity contribution in [2.45, 2.75) is 45.7 Å². The number of aryl methyl sites for hydroxylation is 1. The molecule has 0 saturated carbocycles. The number of carbonyl (C=O) groups is 2. The van der Waals surface area contributed by atoms with Crippen LogP contribution in [0, 0.1) is 6.92 Å². The van der Waals surface area contributed by atoms with E-state index in [1.807, 2.05) is 44.2 Å². The maximum Gasteiger partial charge on any atom is 0.242 e.